The lowest BCUT2D eigenvalue weighted by Gasteiger charge is -2.16. The smallest absolute Gasteiger partial charge is 0.255 e. The van der Waals surface area contributed by atoms with Crippen LogP contribution in [0.5, 0.6) is 0 Å². The van der Waals surface area contributed by atoms with Crippen molar-refractivity contribution in [3.63, 3.8) is 0 Å². The number of hydrogen-bond donors (Lipinski definition) is 1. The lowest BCUT2D eigenvalue weighted by atomic mass is 10.2. The van der Waals surface area contributed by atoms with Crippen LogP contribution in [0.3, 0.4) is 0 Å². The van der Waals surface area contributed by atoms with Crippen molar-refractivity contribution in [2.45, 2.75) is 17.7 Å². The number of benzene rings is 2. The Morgan fingerprint density at radius 2 is 1.75 bits per heavy atom. The zero-order valence-corrected chi connectivity index (χ0v) is 15.9. The van der Waals surface area contributed by atoms with E-state index in [1.54, 1.807) is 12.1 Å². The van der Waals surface area contributed by atoms with Gasteiger partial charge in [0.15, 0.2) is 0 Å². The van der Waals surface area contributed by atoms with E-state index in [-0.39, 0.29) is 10.8 Å². The lowest BCUT2D eigenvalue weighted by molar-refractivity contribution is 0.102. The molecule has 7 heteroatoms. The monoisotopic (exact) mass is 456 g/mol. The number of rotatable bonds is 4. The second kappa shape index (κ2) is 7.20. The van der Waals surface area contributed by atoms with Gasteiger partial charge in [-0.15, -0.1) is 0 Å². The summed E-state index contributed by atoms with van der Waals surface area (Å²) in [6.45, 7) is 1.09. The SMILES string of the molecule is O=C(Nc1ccccc1I)c1cccc(S(=O)(=O)N2CCCC2)c1. The zero-order chi connectivity index (χ0) is 17.2. The third kappa shape index (κ3) is 3.62. The summed E-state index contributed by atoms with van der Waals surface area (Å²) < 4.78 is 27.6. The minimum Gasteiger partial charge on any atom is -0.321 e. The van der Waals surface area contributed by atoms with E-state index in [0.29, 0.717) is 24.3 Å². The fourth-order valence-corrected chi connectivity index (χ4v) is 4.72. The number of nitrogens with zero attached hydrogens (tertiary/aromatic N) is 1. The standard InChI is InChI=1S/C17H17IN2O3S/c18-15-8-1-2-9-16(15)19-17(21)13-6-5-7-14(12-13)24(22,23)20-10-3-4-11-20/h1-2,5-9,12H,3-4,10-11H2,(H,19,21). The summed E-state index contributed by atoms with van der Waals surface area (Å²) in [6, 6.07) is 13.6. The minimum atomic E-state index is -3.52. The maximum atomic E-state index is 12.6. The van der Waals surface area contributed by atoms with Gasteiger partial charge in [-0.1, -0.05) is 18.2 Å². The number of hydrogen-bond acceptors (Lipinski definition) is 3. The summed E-state index contributed by atoms with van der Waals surface area (Å²) in [5.41, 5.74) is 1.03. The fraction of sp³-hybridized carbons (Fsp3) is 0.235. The first kappa shape index (κ1) is 17.4. The lowest BCUT2D eigenvalue weighted by Crippen LogP contribution is -2.28. The molecule has 2 aromatic rings. The Morgan fingerprint density at radius 1 is 1.04 bits per heavy atom. The van der Waals surface area contributed by atoms with Crippen LogP contribution in [0.1, 0.15) is 23.2 Å². The molecule has 0 aromatic heterocycles. The van der Waals surface area contributed by atoms with Crippen molar-refractivity contribution in [1.82, 2.24) is 4.31 Å². The van der Waals surface area contributed by atoms with E-state index in [0.717, 1.165) is 16.4 Å². The molecule has 1 aliphatic rings. The predicted octanol–water partition coefficient (Wildman–Crippen LogP) is 3.33. The quantitative estimate of drug-likeness (QED) is 0.718. The molecule has 0 spiro atoms. The van der Waals surface area contributed by atoms with Crippen molar-refractivity contribution < 1.29 is 13.2 Å². The average Bonchev–Trinajstić information content (AvgIpc) is 3.12. The first-order chi connectivity index (χ1) is 11.5. The highest BCUT2D eigenvalue weighted by molar-refractivity contribution is 14.1. The van der Waals surface area contributed by atoms with Crippen LogP contribution in [0.25, 0.3) is 0 Å². The Labute approximate surface area is 155 Å². The van der Waals surface area contributed by atoms with E-state index in [1.165, 1.54) is 16.4 Å². The van der Waals surface area contributed by atoms with Gasteiger partial charge in [0.1, 0.15) is 0 Å². The second-order valence-electron chi connectivity index (χ2n) is 5.57. The summed E-state index contributed by atoms with van der Waals surface area (Å²) >= 11 is 2.14. The summed E-state index contributed by atoms with van der Waals surface area (Å²) in [7, 11) is -3.52. The normalized spacial score (nSPS) is 15.4. The van der Waals surface area contributed by atoms with Crippen LogP contribution in [0.2, 0.25) is 0 Å². The highest BCUT2D eigenvalue weighted by atomic mass is 127. The van der Waals surface area contributed by atoms with Crippen LogP contribution in [0.15, 0.2) is 53.4 Å². The maximum absolute atomic E-state index is 12.6. The molecule has 0 unspecified atom stereocenters. The molecule has 0 atom stereocenters. The van der Waals surface area contributed by atoms with E-state index in [1.807, 2.05) is 24.3 Å². The summed E-state index contributed by atoms with van der Waals surface area (Å²) in [6.07, 6.45) is 1.76. The highest BCUT2D eigenvalue weighted by Crippen LogP contribution is 2.22. The van der Waals surface area contributed by atoms with Crippen LogP contribution < -0.4 is 5.32 Å². The Hall–Kier alpha value is -1.45. The molecule has 5 nitrogen and oxygen atoms in total. The van der Waals surface area contributed by atoms with Crippen LogP contribution in [-0.2, 0) is 10.0 Å². The van der Waals surface area contributed by atoms with E-state index < -0.39 is 10.0 Å². The molecule has 1 fully saturated rings. The second-order valence-corrected chi connectivity index (χ2v) is 8.67. The topological polar surface area (TPSA) is 66.5 Å². The molecule has 1 amide bonds. The molecule has 1 N–H and O–H groups in total. The van der Waals surface area contributed by atoms with Crippen LogP contribution >= 0.6 is 22.6 Å². The summed E-state index contributed by atoms with van der Waals surface area (Å²) in [5, 5.41) is 2.82. The molecule has 24 heavy (non-hydrogen) atoms. The van der Waals surface area contributed by atoms with Gasteiger partial charge in [-0.05, 0) is 65.8 Å². The molecule has 0 saturated carbocycles. The number of sulfonamides is 1. The van der Waals surface area contributed by atoms with Crippen molar-refractivity contribution in [1.29, 1.82) is 0 Å². The average molecular weight is 456 g/mol. The maximum Gasteiger partial charge on any atom is 0.255 e. The molecule has 0 aliphatic carbocycles. The summed E-state index contributed by atoms with van der Waals surface area (Å²) in [5.74, 6) is -0.322. The first-order valence-corrected chi connectivity index (χ1v) is 10.2. The highest BCUT2D eigenvalue weighted by Gasteiger charge is 2.27. The number of carbonyl (C=O) groups is 1. The van der Waals surface area contributed by atoms with Gasteiger partial charge >= 0.3 is 0 Å². The molecule has 3 rings (SSSR count). The van der Waals surface area contributed by atoms with Crippen molar-refractivity contribution in [2.75, 3.05) is 18.4 Å². The van der Waals surface area contributed by atoms with Crippen molar-refractivity contribution >= 4 is 44.2 Å². The largest absolute Gasteiger partial charge is 0.321 e. The van der Waals surface area contributed by atoms with Crippen LogP contribution in [0.4, 0.5) is 5.69 Å². The van der Waals surface area contributed by atoms with Gasteiger partial charge in [0.2, 0.25) is 10.0 Å². The molecule has 1 heterocycles. The molecule has 0 radical (unpaired) electrons. The van der Waals surface area contributed by atoms with E-state index in [4.69, 9.17) is 0 Å². The van der Waals surface area contributed by atoms with Gasteiger partial charge in [-0.25, -0.2) is 8.42 Å². The molecule has 1 saturated heterocycles. The zero-order valence-electron chi connectivity index (χ0n) is 12.9. The first-order valence-electron chi connectivity index (χ1n) is 7.64. The predicted molar refractivity (Wildman–Crippen MR) is 102 cm³/mol. The third-order valence-corrected chi connectivity index (χ3v) is 6.76. The number of amides is 1. The van der Waals surface area contributed by atoms with E-state index in [9.17, 15) is 13.2 Å². The van der Waals surface area contributed by atoms with Crippen molar-refractivity contribution in [2.24, 2.45) is 0 Å². The number of halogens is 1. The Kier molecular flexibility index (Phi) is 5.21. The van der Waals surface area contributed by atoms with Gasteiger partial charge in [0.05, 0.1) is 10.6 Å². The number of para-hydroxylation sites is 1. The molecule has 0 bridgehead atoms. The number of carbonyl (C=O) groups excluding carboxylic acids is 1. The number of anilines is 1. The summed E-state index contributed by atoms with van der Waals surface area (Å²) in [4.78, 5) is 12.6. The minimum absolute atomic E-state index is 0.166. The molecule has 2 aromatic carbocycles. The molecular formula is C17H17IN2O3S. The van der Waals surface area contributed by atoms with Gasteiger partial charge in [0, 0.05) is 22.2 Å². The van der Waals surface area contributed by atoms with Crippen LogP contribution in [0, 0.1) is 3.57 Å². The van der Waals surface area contributed by atoms with Crippen molar-refractivity contribution in [3.05, 3.63) is 57.7 Å². The van der Waals surface area contributed by atoms with Gasteiger partial charge < -0.3 is 5.32 Å². The van der Waals surface area contributed by atoms with Crippen molar-refractivity contribution in [3.8, 4) is 0 Å². The molecule has 1 aliphatic heterocycles. The van der Waals surface area contributed by atoms with Gasteiger partial charge in [-0.3, -0.25) is 4.79 Å². The van der Waals surface area contributed by atoms with E-state index in [2.05, 4.69) is 27.9 Å². The Balaban J connectivity index is 1.85. The van der Waals surface area contributed by atoms with Gasteiger partial charge in [-0.2, -0.15) is 4.31 Å². The van der Waals surface area contributed by atoms with Crippen LogP contribution in [-0.4, -0.2) is 31.7 Å². The third-order valence-electron chi connectivity index (χ3n) is 3.92. The van der Waals surface area contributed by atoms with E-state index >= 15 is 0 Å². The van der Waals surface area contributed by atoms with Gasteiger partial charge in [0.25, 0.3) is 5.91 Å². The molecule has 126 valence electrons. The fourth-order valence-electron chi connectivity index (χ4n) is 2.63. The Morgan fingerprint density at radius 3 is 2.46 bits per heavy atom. The Bertz CT molecular complexity index is 862. The molecular weight excluding hydrogens is 439 g/mol. The number of nitrogens with one attached hydrogen (secondary N) is 1.